The summed E-state index contributed by atoms with van der Waals surface area (Å²) in [7, 11) is 2.97. The lowest BCUT2D eigenvalue weighted by Crippen LogP contribution is -2.63. The summed E-state index contributed by atoms with van der Waals surface area (Å²) in [5.41, 5.74) is 2.09. The van der Waals surface area contributed by atoms with E-state index < -0.39 is 64.9 Å². The number of ether oxygens (including phenoxy) is 1. The molecule has 12 heteroatoms. The number of primary amides is 1. The fourth-order valence-corrected chi connectivity index (χ4v) is 6.57. The maximum atomic E-state index is 14.2. The first-order valence-corrected chi connectivity index (χ1v) is 18.3. The van der Waals surface area contributed by atoms with Crippen molar-refractivity contribution in [1.29, 1.82) is 0 Å². The molecule has 0 fully saturated rings. The number of ketones is 1. The Bertz CT molecular complexity index is 1150. The van der Waals surface area contributed by atoms with Crippen LogP contribution < -0.4 is 11.1 Å². The van der Waals surface area contributed by atoms with Crippen LogP contribution in [0.1, 0.15) is 116 Å². The van der Waals surface area contributed by atoms with Gasteiger partial charge in [0.15, 0.2) is 17.9 Å². The van der Waals surface area contributed by atoms with Crippen LogP contribution in [0, 0.1) is 41.4 Å². The van der Waals surface area contributed by atoms with E-state index in [1.165, 1.54) is 20.9 Å². The number of hydrogen-bond donors (Lipinski definition) is 3. The van der Waals surface area contributed by atoms with Gasteiger partial charge in [-0.3, -0.25) is 28.9 Å². The average molecular weight is 711 g/mol. The van der Waals surface area contributed by atoms with Gasteiger partial charge in [0.2, 0.25) is 17.7 Å². The molecule has 0 aromatic carbocycles. The molecule has 290 valence electrons. The summed E-state index contributed by atoms with van der Waals surface area (Å²) in [5, 5.41) is 14.2. The molecule has 0 heterocycles. The normalized spacial score (nSPS) is 17.7. The Morgan fingerprint density at radius 3 is 1.82 bits per heavy atom. The van der Waals surface area contributed by atoms with E-state index in [1.54, 1.807) is 18.9 Å². The van der Waals surface area contributed by atoms with Gasteiger partial charge in [-0.05, 0) is 57.4 Å². The van der Waals surface area contributed by atoms with Crippen molar-refractivity contribution in [2.45, 2.75) is 145 Å². The first kappa shape index (κ1) is 47.1. The summed E-state index contributed by atoms with van der Waals surface area (Å²) < 4.78 is 6.01. The zero-order valence-corrected chi connectivity index (χ0v) is 33.7. The summed E-state index contributed by atoms with van der Waals surface area (Å²) in [6.07, 6.45) is 2.07. The van der Waals surface area contributed by atoms with Gasteiger partial charge in [0.05, 0.1) is 11.6 Å². The maximum Gasteiger partial charge on any atom is 0.332 e. The predicted molar refractivity (Wildman–Crippen MR) is 196 cm³/mol. The molecule has 0 rings (SSSR count). The molecule has 0 saturated carbocycles. The minimum Gasteiger partial charge on any atom is -0.448 e. The maximum absolute atomic E-state index is 14.2. The van der Waals surface area contributed by atoms with Crippen LogP contribution in [-0.4, -0.2) is 101 Å². The first-order valence-electron chi connectivity index (χ1n) is 18.3. The molecule has 50 heavy (non-hydrogen) atoms. The van der Waals surface area contributed by atoms with Crippen LogP contribution in [0.3, 0.4) is 0 Å². The molecule has 0 aliphatic heterocycles. The third kappa shape index (κ3) is 13.0. The number of nitrogens with zero attached hydrogens (tertiary/aromatic N) is 2. The number of amides is 3. The first-order chi connectivity index (χ1) is 22.8. The molecule has 0 spiro atoms. The topological polar surface area (TPSA) is 176 Å². The minimum absolute atomic E-state index is 0.0111. The second-order valence-electron chi connectivity index (χ2n) is 16.2. The van der Waals surface area contributed by atoms with Gasteiger partial charge in [0.25, 0.3) is 0 Å². The van der Waals surface area contributed by atoms with Crippen LogP contribution in [0.2, 0.25) is 0 Å². The van der Waals surface area contributed by atoms with Crippen LogP contribution in [0.25, 0.3) is 0 Å². The Labute approximate surface area is 302 Å². The van der Waals surface area contributed by atoms with Crippen molar-refractivity contribution < 1.29 is 38.6 Å². The fourth-order valence-electron chi connectivity index (χ4n) is 6.57. The van der Waals surface area contributed by atoms with Gasteiger partial charge >= 0.3 is 5.97 Å². The number of carbonyl (C=O) groups is 6. The van der Waals surface area contributed by atoms with Crippen molar-refractivity contribution >= 4 is 35.8 Å². The van der Waals surface area contributed by atoms with Crippen molar-refractivity contribution in [3.8, 4) is 0 Å². The Morgan fingerprint density at radius 1 is 0.900 bits per heavy atom. The number of aliphatic hydroxyl groups is 1. The van der Waals surface area contributed by atoms with Gasteiger partial charge in [0.1, 0.15) is 11.8 Å². The number of nitrogens with two attached hydrogens (primary N) is 1. The number of nitrogens with one attached hydrogen (secondary N) is 1. The SMILES string of the molecule is CC[C@H](C)[C@H](C)C(=O)C[C@H](C(=O)N[C@@H](CC(C)C)C(=O)N(C)[C@H](C(=O)O[C@@](C=O)(CN(C)[C@H](C(N)=O)C(C)C)[C@@H](C)CC)C(C)(C)O)C(C)C. The second-order valence-corrected chi connectivity index (χ2v) is 16.2. The zero-order chi connectivity index (χ0) is 39.5. The molecule has 0 unspecified atom stereocenters. The highest BCUT2D eigenvalue weighted by Crippen LogP contribution is 2.30. The lowest BCUT2D eigenvalue weighted by atomic mass is 9.82. The number of carbonyl (C=O) groups excluding carboxylic acids is 6. The van der Waals surface area contributed by atoms with E-state index in [0.29, 0.717) is 12.7 Å². The smallest absolute Gasteiger partial charge is 0.332 e. The van der Waals surface area contributed by atoms with Crippen molar-refractivity contribution in [3.05, 3.63) is 0 Å². The second kappa shape index (κ2) is 20.2. The molecular weight excluding hydrogens is 640 g/mol. The molecule has 0 saturated heterocycles. The minimum atomic E-state index is -1.84. The number of esters is 1. The van der Waals surface area contributed by atoms with Crippen LogP contribution in [-0.2, 0) is 33.5 Å². The Hall–Kier alpha value is -2.86. The van der Waals surface area contributed by atoms with Crippen LogP contribution >= 0.6 is 0 Å². The Balaban J connectivity index is 6.66. The van der Waals surface area contributed by atoms with Crippen LogP contribution in [0.5, 0.6) is 0 Å². The lowest BCUT2D eigenvalue weighted by molar-refractivity contribution is -0.185. The molecule has 3 amide bonds. The number of hydrogen-bond acceptors (Lipinski definition) is 9. The van der Waals surface area contributed by atoms with Crippen molar-refractivity contribution in [2.75, 3.05) is 20.6 Å². The summed E-state index contributed by atoms with van der Waals surface area (Å²) in [6, 6.07) is -3.41. The van der Waals surface area contributed by atoms with Gasteiger partial charge in [0, 0.05) is 37.8 Å². The zero-order valence-electron chi connectivity index (χ0n) is 33.7. The molecule has 0 radical (unpaired) electrons. The van der Waals surface area contributed by atoms with Crippen molar-refractivity contribution in [3.63, 3.8) is 0 Å². The highest BCUT2D eigenvalue weighted by Gasteiger charge is 2.48. The molecule has 0 aromatic rings. The highest BCUT2D eigenvalue weighted by molar-refractivity contribution is 5.93. The van der Waals surface area contributed by atoms with Crippen molar-refractivity contribution in [1.82, 2.24) is 15.1 Å². The highest BCUT2D eigenvalue weighted by atomic mass is 16.6. The van der Waals surface area contributed by atoms with Crippen LogP contribution in [0.15, 0.2) is 0 Å². The average Bonchev–Trinajstić information content (AvgIpc) is 2.99. The number of likely N-dealkylation sites (N-methyl/N-ethyl adjacent to an activating group) is 2. The predicted octanol–water partition coefficient (Wildman–Crippen LogP) is 4.00. The largest absolute Gasteiger partial charge is 0.448 e. The summed E-state index contributed by atoms with van der Waals surface area (Å²) in [6.45, 7) is 23.2. The fraction of sp³-hybridized carbons (Fsp3) is 0.842. The summed E-state index contributed by atoms with van der Waals surface area (Å²) >= 11 is 0. The standard InChI is InChI=1S/C38H70N4O8/c1-16-25(9)27(11)30(44)19-28(23(5)6)34(46)40-29(18-22(3)4)35(47)42(15)32(37(12,13)49)36(48)50-38(21-43,26(10)17-2)20-41(14)31(24(7)8)33(39)45/h21-29,31-32,49H,16-20H2,1-15H3,(H2,39,45)(H,40,46)/t25-,26-,27-,28-,29-,31-,32+,38+/m0/s1. The molecule has 0 aliphatic rings. The summed E-state index contributed by atoms with van der Waals surface area (Å²) in [4.78, 5) is 83.0. The third-order valence-electron chi connectivity index (χ3n) is 10.3. The van der Waals surface area contributed by atoms with Gasteiger partial charge in [-0.1, -0.05) is 82.6 Å². The van der Waals surface area contributed by atoms with Gasteiger partial charge in [-0.15, -0.1) is 0 Å². The Kier molecular flexibility index (Phi) is 19.1. The quantitative estimate of drug-likeness (QED) is 0.105. The number of rotatable bonds is 23. The van der Waals surface area contributed by atoms with E-state index in [9.17, 15) is 33.9 Å². The molecule has 0 aromatic heterocycles. The van der Waals surface area contributed by atoms with Gasteiger partial charge < -0.3 is 25.8 Å². The van der Waals surface area contributed by atoms with Crippen molar-refractivity contribution in [2.24, 2.45) is 47.2 Å². The number of Topliss-reactive ketones (excluding diaryl/α,β-unsaturated/α-hetero) is 1. The molecule has 8 atom stereocenters. The monoisotopic (exact) mass is 711 g/mol. The molecule has 0 bridgehead atoms. The number of aldehydes is 1. The van der Waals surface area contributed by atoms with E-state index in [0.717, 1.165) is 11.3 Å². The Morgan fingerprint density at radius 2 is 1.44 bits per heavy atom. The molecular formula is C38H70N4O8. The van der Waals surface area contributed by atoms with E-state index in [-0.39, 0.29) is 54.8 Å². The summed E-state index contributed by atoms with van der Waals surface area (Å²) in [5.74, 6) is -4.36. The van der Waals surface area contributed by atoms with E-state index in [4.69, 9.17) is 10.5 Å². The molecule has 4 N–H and O–H groups in total. The third-order valence-corrected chi connectivity index (χ3v) is 10.3. The van der Waals surface area contributed by atoms with E-state index in [2.05, 4.69) is 5.32 Å². The van der Waals surface area contributed by atoms with E-state index >= 15 is 0 Å². The van der Waals surface area contributed by atoms with Gasteiger partial charge in [-0.25, -0.2) is 4.79 Å². The van der Waals surface area contributed by atoms with E-state index in [1.807, 2.05) is 69.2 Å². The molecule has 0 aliphatic carbocycles. The van der Waals surface area contributed by atoms with Crippen LogP contribution in [0.4, 0.5) is 0 Å². The van der Waals surface area contributed by atoms with Gasteiger partial charge in [-0.2, -0.15) is 0 Å². The molecule has 12 nitrogen and oxygen atoms in total. The lowest BCUT2D eigenvalue weighted by Gasteiger charge is -2.42.